The van der Waals surface area contributed by atoms with Gasteiger partial charge in [-0.1, -0.05) is 0 Å². The number of aromatic nitrogens is 2. The van der Waals surface area contributed by atoms with Crippen LogP contribution in [0.1, 0.15) is 6.23 Å². The van der Waals surface area contributed by atoms with E-state index < -0.39 is 44.7 Å². The van der Waals surface area contributed by atoms with Crippen molar-refractivity contribution in [2.45, 2.75) is 24.5 Å². The predicted octanol–water partition coefficient (Wildman–Crippen LogP) is -10.7. The molecule has 0 aliphatic carbocycles. The minimum atomic E-state index is -5.14. The Morgan fingerprint density at radius 1 is 1.33 bits per heavy atom. The van der Waals surface area contributed by atoms with Crippen LogP contribution in [0.25, 0.3) is 0 Å². The number of hydrogen-bond donors (Lipinski definition) is 5. The molecule has 15 heteroatoms. The fourth-order valence-corrected chi connectivity index (χ4v) is 1.73. The van der Waals surface area contributed by atoms with Crippen LogP contribution in [0.15, 0.2) is 17.1 Å². The Hall–Kier alpha value is 0.630. The summed E-state index contributed by atoms with van der Waals surface area (Å²) in [4.78, 5) is 39.3. The summed E-state index contributed by atoms with van der Waals surface area (Å²) in [5, 5.41) is 28.2. The van der Waals surface area contributed by atoms with Crippen molar-refractivity contribution < 1.29 is 98.4 Å². The second-order valence-corrected chi connectivity index (χ2v) is 5.18. The van der Waals surface area contributed by atoms with Crippen molar-refractivity contribution in [3.8, 4) is 0 Å². The number of nitrogens with two attached hydrogens (primary N) is 1. The second-order valence-electron chi connectivity index (χ2n) is 4.24. The minimum Gasteiger partial charge on any atom is -0.790 e. The molecule has 1 aliphatic rings. The predicted molar refractivity (Wildman–Crippen MR) is 65.7 cm³/mol. The van der Waals surface area contributed by atoms with E-state index in [1.54, 1.807) is 0 Å². The number of hydrogen-bond acceptors (Lipinski definition) is 10. The SMILES string of the molecule is Nc1ccn([C@@H]2O[C@H](CO)[C@@H](O)[C@H]2O)c(=O)n1.O=P([O-])([O-])O.[Na+].[Na+]. The van der Waals surface area contributed by atoms with Crippen molar-refractivity contribution >= 4 is 13.6 Å². The maximum Gasteiger partial charge on any atom is 1.00 e. The Morgan fingerprint density at radius 2 is 1.83 bits per heavy atom. The molecule has 2 rings (SSSR count). The molecular weight excluding hydrogens is 371 g/mol. The molecule has 126 valence electrons. The molecule has 4 atom stereocenters. The van der Waals surface area contributed by atoms with Crippen LogP contribution in [0.2, 0.25) is 0 Å². The van der Waals surface area contributed by atoms with E-state index in [-0.39, 0.29) is 64.9 Å². The zero-order valence-corrected chi connectivity index (χ0v) is 17.8. The van der Waals surface area contributed by atoms with Crippen molar-refractivity contribution in [3.05, 3.63) is 22.7 Å². The Bertz CT molecular complexity index is 604. The molecule has 0 spiro atoms. The van der Waals surface area contributed by atoms with Gasteiger partial charge in [0, 0.05) is 6.20 Å². The minimum absolute atomic E-state index is 0. The summed E-state index contributed by atoms with van der Waals surface area (Å²) >= 11 is 0. The summed E-state index contributed by atoms with van der Waals surface area (Å²) in [6.07, 6.45) is -3.27. The zero-order valence-electron chi connectivity index (χ0n) is 12.9. The van der Waals surface area contributed by atoms with E-state index in [4.69, 9.17) is 34.8 Å². The van der Waals surface area contributed by atoms with Gasteiger partial charge in [0.05, 0.1) is 14.4 Å². The first-order valence-corrected chi connectivity index (χ1v) is 7.26. The molecule has 0 amide bonds. The number of nitrogen functional groups attached to an aromatic ring is 1. The van der Waals surface area contributed by atoms with E-state index in [0.717, 1.165) is 4.57 Å². The Labute approximate surface area is 180 Å². The number of rotatable bonds is 2. The maximum absolute atomic E-state index is 11.5. The van der Waals surface area contributed by atoms with Crippen molar-refractivity contribution in [2.75, 3.05) is 12.3 Å². The zero-order chi connectivity index (χ0) is 17.1. The van der Waals surface area contributed by atoms with E-state index in [2.05, 4.69) is 4.98 Å². The van der Waals surface area contributed by atoms with Gasteiger partial charge in [-0.2, -0.15) is 4.98 Å². The molecular formula is C9H14N3Na2O9P. The number of aliphatic hydroxyl groups is 3. The summed E-state index contributed by atoms with van der Waals surface area (Å²) in [6.45, 7) is -0.453. The van der Waals surface area contributed by atoms with E-state index >= 15 is 0 Å². The molecule has 1 aliphatic heterocycles. The first kappa shape index (κ1) is 26.9. The Morgan fingerprint density at radius 3 is 2.21 bits per heavy atom. The van der Waals surface area contributed by atoms with Gasteiger partial charge in [-0.15, -0.1) is 0 Å². The van der Waals surface area contributed by atoms with Gasteiger partial charge in [-0.3, -0.25) is 4.57 Å². The maximum atomic E-state index is 11.5. The average Bonchev–Trinajstić information content (AvgIpc) is 2.64. The average molecular weight is 385 g/mol. The van der Waals surface area contributed by atoms with Crippen LogP contribution in [0.4, 0.5) is 5.82 Å². The van der Waals surface area contributed by atoms with Gasteiger partial charge in [0.25, 0.3) is 0 Å². The topological polar surface area (TPSA) is 214 Å². The Balaban J connectivity index is 0. The van der Waals surface area contributed by atoms with Gasteiger partial charge in [0.1, 0.15) is 24.1 Å². The van der Waals surface area contributed by atoms with Crippen molar-refractivity contribution in [1.29, 1.82) is 0 Å². The van der Waals surface area contributed by atoms with E-state index in [9.17, 15) is 15.0 Å². The summed E-state index contributed by atoms with van der Waals surface area (Å²) in [5.74, 6) is 0.0537. The van der Waals surface area contributed by atoms with Crippen LogP contribution < -0.4 is 80.3 Å². The van der Waals surface area contributed by atoms with E-state index in [0.29, 0.717) is 0 Å². The largest absolute Gasteiger partial charge is 1.00 e. The monoisotopic (exact) mass is 385 g/mol. The molecule has 0 radical (unpaired) electrons. The molecule has 6 N–H and O–H groups in total. The summed E-state index contributed by atoms with van der Waals surface area (Å²) in [5.41, 5.74) is 4.63. The van der Waals surface area contributed by atoms with Gasteiger partial charge >= 0.3 is 64.8 Å². The molecule has 0 saturated carbocycles. The van der Waals surface area contributed by atoms with Crippen LogP contribution in [0.5, 0.6) is 0 Å². The first-order valence-electron chi connectivity index (χ1n) is 5.76. The summed E-state index contributed by atoms with van der Waals surface area (Å²) < 4.78 is 14.8. The molecule has 0 aromatic carbocycles. The van der Waals surface area contributed by atoms with Crippen LogP contribution in [0, 0.1) is 0 Å². The smallest absolute Gasteiger partial charge is 0.790 e. The van der Waals surface area contributed by atoms with Crippen LogP contribution in [-0.2, 0) is 9.30 Å². The van der Waals surface area contributed by atoms with E-state index in [1.807, 2.05) is 0 Å². The molecule has 12 nitrogen and oxygen atoms in total. The molecule has 1 fully saturated rings. The number of anilines is 1. The van der Waals surface area contributed by atoms with Crippen LogP contribution >= 0.6 is 7.82 Å². The van der Waals surface area contributed by atoms with Gasteiger partial charge < -0.3 is 45.0 Å². The summed E-state index contributed by atoms with van der Waals surface area (Å²) in [6, 6.07) is 1.37. The number of nitrogens with zero attached hydrogens (tertiary/aromatic N) is 2. The fraction of sp³-hybridized carbons (Fsp3) is 0.556. The van der Waals surface area contributed by atoms with E-state index in [1.165, 1.54) is 12.3 Å². The van der Waals surface area contributed by atoms with Crippen molar-refractivity contribution in [1.82, 2.24) is 9.55 Å². The number of aliphatic hydroxyl groups excluding tert-OH is 3. The second kappa shape index (κ2) is 11.4. The van der Waals surface area contributed by atoms with Crippen LogP contribution in [-0.4, -0.2) is 54.7 Å². The third kappa shape index (κ3) is 8.34. The van der Waals surface area contributed by atoms with Crippen LogP contribution in [0.3, 0.4) is 0 Å². The quantitative estimate of drug-likeness (QED) is 0.238. The molecule has 1 aromatic rings. The molecule has 0 bridgehead atoms. The fourth-order valence-electron chi connectivity index (χ4n) is 1.73. The van der Waals surface area contributed by atoms with Gasteiger partial charge in [0.2, 0.25) is 0 Å². The van der Waals surface area contributed by atoms with Gasteiger partial charge in [-0.25, -0.2) is 4.79 Å². The number of ether oxygens (including phenoxy) is 1. The molecule has 1 aromatic heterocycles. The molecule has 1 saturated heterocycles. The molecule has 2 heterocycles. The summed E-state index contributed by atoms with van der Waals surface area (Å²) in [7, 11) is -5.14. The Kier molecular flexibility index (Phi) is 12.7. The standard InChI is InChI=1S/C9H13N3O5.2Na.H3O4P/c10-5-1-2-12(9(16)11-5)8-7(15)6(14)4(3-13)17-8;;;1-5(2,3)4/h1-2,4,6-8,13-15H,3H2,(H2,10,11,16);;;(H3,1,2,3,4)/q;2*+1;/p-2/t4-,6-,7-,8-;;;/m1.../s1. The van der Waals surface area contributed by atoms with Gasteiger partial charge in [-0.05, 0) is 6.07 Å². The number of phosphoric acid groups is 1. The van der Waals surface area contributed by atoms with Crippen molar-refractivity contribution in [3.63, 3.8) is 0 Å². The van der Waals surface area contributed by atoms with Crippen molar-refractivity contribution in [2.24, 2.45) is 0 Å². The molecule has 24 heavy (non-hydrogen) atoms. The van der Waals surface area contributed by atoms with Gasteiger partial charge in [0.15, 0.2) is 6.23 Å². The normalized spacial score (nSPS) is 25.8. The first-order chi connectivity index (χ1) is 10.0. The molecule has 0 unspecified atom stereocenters. The third-order valence-electron chi connectivity index (χ3n) is 2.64. The third-order valence-corrected chi connectivity index (χ3v) is 2.64.